The van der Waals surface area contributed by atoms with Crippen molar-refractivity contribution >= 4 is 0 Å². The summed E-state index contributed by atoms with van der Waals surface area (Å²) in [4.78, 5) is 3.43. The number of halogens is 3. The fourth-order valence-corrected chi connectivity index (χ4v) is 2.05. The van der Waals surface area contributed by atoms with Gasteiger partial charge in [-0.15, -0.1) is 0 Å². The smallest absolute Gasteiger partial charge is 0.316 e. The predicted octanol–water partition coefficient (Wildman–Crippen LogP) is 3.05. The molecule has 0 bridgehead atoms. The Bertz CT molecular complexity index is 625. The second-order valence-corrected chi connectivity index (χ2v) is 3.83. The van der Waals surface area contributed by atoms with Crippen LogP contribution in [0.4, 0.5) is 13.2 Å². The number of hydrogen-bond acceptors (Lipinski definition) is 2. The number of hydrogen-bond donors (Lipinski definition) is 1. The zero-order valence-corrected chi connectivity index (χ0v) is 8.42. The van der Waals surface area contributed by atoms with Gasteiger partial charge in [0.2, 0.25) is 5.88 Å². The summed E-state index contributed by atoms with van der Waals surface area (Å²) < 4.78 is 41.0. The molecule has 2 nitrogen and oxygen atoms in total. The molecule has 17 heavy (non-hydrogen) atoms. The van der Waals surface area contributed by atoms with Crippen LogP contribution in [0, 0.1) is 5.82 Å². The summed E-state index contributed by atoms with van der Waals surface area (Å²) in [6.07, 6.45) is 0. The average molecular weight is 237 g/mol. The van der Waals surface area contributed by atoms with E-state index in [0.717, 1.165) is 18.2 Å². The average Bonchev–Trinajstić information content (AvgIpc) is 2.48. The SMILES string of the molecule is Oc1ccc2c(n1)C(F)(F)c1ccc(F)cc1-2. The molecule has 0 saturated heterocycles. The summed E-state index contributed by atoms with van der Waals surface area (Å²) in [5, 5.41) is 9.14. The van der Waals surface area contributed by atoms with Crippen molar-refractivity contribution in [3.63, 3.8) is 0 Å². The molecule has 1 aromatic heterocycles. The number of pyridine rings is 1. The van der Waals surface area contributed by atoms with E-state index in [4.69, 9.17) is 5.11 Å². The van der Waals surface area contributed by atoms with Crippen LogP contribution in [0.15, 0.2) is 30.3 Å². The van der Waals surface area contributed by atoms with Crippen LogP contribution in [-0.4, -0.2) is 10.1 Å². The second-order valence-electron chi connectivity index (χ2n) is 3.83. The third-order valence-corrected chi connectivity index (χ3v) is 2.79. The Morgan fingerprint density at radius 1 is 1.06 bits per heavy atom. The van der Waals surface area contributed by atoms with E-state index >= 15 is 0 Å². The fourth-order valence-electron chi connectivity index (χ4n) is 2.05. The first-order valence-electron chi connectivity index (χ1n) is 4.89. The van der Waals surface area contributed by atoms with E-state index in [-0.39, 0.29) is 16.7 Å². The Hall–Kier alpha value is -2.04. The van der Waals surface area contributed by atoms with Crippen LogP contribution in [0.1, 0.15) is 11.3 Å². The molecule has 1 aliphatic carbocycles. The standard InChI is InChI=1S/C12H6F3NO/c13-6-1-3-9-8(5-6)7-2-4-10(17)16-11(7)12(9,14)15/h1-5H,(H,16,17). The van der Waals surface area contributed by atoms with Crippen molar-refractivity contribution in [2.24, 2.45) is 0 Å². The molecule has 1 aromatic carbocycles. The van der Waals surface area contributed by atoms with Crippen LogP contribution >= 0.6 is 0 Å². The first-order chi connectivity index (χ1) is 8.00. The summed E-state index contributed by atoms with van der Waals surface area (Å²) in [5.74, 6) is -4.35. The molecule has 86 valence electrons. The van der Waals surface area contributed by atoms with Crippen molar-refractivity contribution in [3.8, 4) is 17.0 Å². The molecule has 5 heteroatoms. The maximum Gasteiger partial charge on any atom is 0.316 e. The number of rotatable bonds is 0. The van der Waals surface area contributed by atoms with Crippen LogP contribution in [0.25, 0.3) is 11.1 Å². The van der Waals surface area contributed by atoms with E-state index in [0.29, 0.717) is 0 Å². The van der Waals surface area contributed by atoms with E-state index in [9.17, 15) is 13.2 Å². The highest BCUT2D eigenvalue weighted by Gasteiger charge is 2.46. The molecular formula is C12H6F3NO. The van der Waals surface area contributed by atoms with E-state index in [1.54, 1.807) is 0 Å². The van der Waals surface area contributed by atoms with E-state index < -0.39 is 23.3 Å². The molecule has 0 unspecified atom stereocenters. The molecule has 3 rings (SSSR count). The van der Waals surface area contributed by atoms with Gasteiger partial charge < -0.3 is 5.11 Å². The maximum atomic E-state index is 13.9. The number of alkyl halides is 2. The van der Waals surface area contributed by atoms with E-state index in [1.807, 2.05) is 0 Å². The lowest BCUT2D eigenvalue weighted by molar-refractivity contribution is 0.0427. The molecule has 1 N–H and O–H groups in total. The molecule has 0 spiro atoms. The Morgan fingerprint density at radius 3 is 2.59 bits per heavy atom. The molecule has 0 fully saturated rings. The largest absolute Gasteiger partial charge is 0.493 e. The Balaban J connectivity index is 2.38. The van der Waals surface area contributed by atoms with Crippen LogP contribution < -0.4 is 0 Å². The highest BCUT2D eigenvalue weighted by atomic mass is 19.3. The maximum absolute atomic E-state index is 13.9. The summed E-state index contributed by atoms with van der Waals surface area (Å²) >= 11 is 0. The van der Waals surface area contributed by atoms with Crippen molar-refractivity contribution in [3.05, 3.63) is 47.4 Å². The molecule has 2 aromatic rings. The zero-order valence-electron chi connectivity index (χ0n) is 8.42. The van der Waals surface area contributed by atoms with Crippen molar-refractivity contribution in [1.29, 1.82) is 0 Å². The molecule has 0 amide bonds. The van der Waals surface area contributed by atoms with Crippen LogP contribution in [0.2, 0.25) is 0 Å². The quantitative estimate of drug-likeness (QED) is 0.763. The lowest BCUT2D eigenvalue weighted by Gasteiger charge is -2.10. The van der Waals surface area contributed by atoms with Gasteiger partial charge in [0.25, 0.3) is 0 Å². The molecule has 0 atom stereocenters. The highest BCUT2D eigenvalue weighted by molar-refractivity contribution is 5.78. The molecule has 0 saturated carbocycles. The summed E-state index contributed by atoms with van der Waals surface area (Å²) in [6.45, 7) is 0. The number of benzene rings is 1. The molecular weight excluding hydrogens is 231 g/mol. The second kappa shape index (κ2) is 3.00. The molecule has 1 heterocycles. The minimum atomic E-state index is -3.29. The van der Waals surface area contributed by atoms with E-state index in [2.05, 4.69) is 4.98 Å². The summed E-state index contributed by atoms with van der Waals surface area (Å²) in [6, 6.07) is 5.60. The fraction of sp³-hybridized carbons (Fsp3) is 0.0833. The number of fused-ring (bicyclic) bond motifs is 3. The van der Waals surface area contributed by atoms with Crippen molar-refractivity contribution in [2.45, 2.75) is 5.92 Å². The van der Waals surface area contributed by atoms with Gasteiger partial charge in [-0.25, -0.2) is 9.37 Å². The van der Waals surface area contributed by atoms with Gasteiger partial charge in [-0.2, -0.15) is 8.78 Å². The highest BCUT2D eigenvalue weighted by Crippen LogP contribution is 2.50. The van der Waals surface area contributed by atoms with Crippen LogP contribution in [0.3, 0.4) is 0 Å². The van der Waals surface area contributed by atoms with Gasteiger partial charge in [-0.05, 0) is 29.8 Å². The van der Waals surface area contributed by atoms with Crippen molar-refractivity contribution < 1.29 is 18.3 Å². The van der Waals surface area contributed by atoms with Gasteiger partial charge >= 0.3 is 5.92 Å². The number of aromatic hydroxyl groups is 1. The van der Waals surface area contributed by atoms with Gasteiger partial charge in [0.15, 0.2) is 0 Å². The van der Waals surface area contributed by atoms with Crippen LogP contribution in [-0.2, 0) is 5.92 Å². The van der Waals surface area contributed by atoms with Gasteiger partial charge in [0, 0.05) is 17.2 Å². The molecule has 0 aliphatic heterocycles. The molecule has 1 aliphatic rings. The minimum absolute atomic E-state index is 0.123. The van der Waals surface area contributed by atoms with Crippen molar-refractivity contribution in [1.82, 2.24) is 4.98 Å². The summed E-state index contributed by atoms with van der Waals surface area (Å²) in [7, 11) is 0. The lowest BCUT2D eigenvalue weighted by Crippen LogP contribution is -2.12. The van der Waals surface area contributed by atoms with Gasteiger partial charge in [0.1, 0.15) is 11.5 Å². The van der Waals surface area contributed by atoms with E-state index in [1.165, 1.54) is 12.1 Å². The first kappa shape index (κ1) is 10.1. The predicted molar refractivity (Wildman–Crippen MR) is 54.3 cm³/mol. The summed E-state index contributed by atoms with van der Waals surface area (Å²) in [5.41, 5.74) is -0.537. The third kappa shape index (κ3) is 1.25. The third-order valence-electron chi connectivity index (χ3n) is 2.79. The Labute approximate surface area is 94.4 Å². The first-order valence-corrected chi connectivity index (χ1v) is 4.89. The minimum Gasteiger partial charge on any atom is -0.493 e. The topological polar surface area (TPSA) is 33.1 Å². The van der Waals surface area contributed by atoms with Crippen LogP contribution in [0.5, 0.6) is 5.88 Å². The number of nitrogens with zero attached hydrogens (tertiary/aromatic N) is 1. The Morgan fingerprint density at radius 2 is 1.82 bits per heavy atom. The van der Waals surface area contributed by atoms with Crippen molar-refractivity contribution in [2.75, 3.05) is 0 Å². The Kier molecular flexibility index (Phi) is 1.79. The lowest BCUT2D eigenvalue weighted by atomic mass is 10.1. The zero-order chi connectivity index (χ0) is 12.2. The van der Waals surface area contributed by atoms with Gasteiger partial charge in [-0.3, -0.25) is 0 Å². The molecule has 0 radical (unpaired) electrons. The van der Waals surface area contributed by atoms with Gasteiger partial charge in [0.05, 0.1) is 0 Å². The monoisotopic (exact) mass is 237 g/mol. The van der Waals surface area contributed by atoms with Gasteiger partial charge in [-0.1, -0.05) is 0 Å². The number of aromatic nitrogens is 1. The normalized spacial score (nSPS) is 15.5.